The molecule has 1 N–H and O–H groups in total. The molecule has 0 saturated carbocycles. The lowest BCUT2D eigenvalue weighted by Gasteiger charge is -2.34. The number of benzene rings is 1. The number of anilines is 1. The van der Waals surface area contributed by atoms with Crippen LogP contribution >= 0.6 is 11.3 Å². The van der Waals surface area contributed by atoms with E-state index in [-0.39, 0.29) is 12.1 Å². The predicted octanol–water partition coefficient (Wildman–Crippen LogP) is 5.20. The molecule has 0 aliphatic carbocycles. The minimum Gasteiger partial charge on any atom is -0.444 e. The van der Waals surface area contributed by atoms with Crippen molar-refractivity contribution in [2.24, 2.45) is 0 Å². The highest BCUT2D eigenvalue weighted by molar-refractivity contribution is 7.15. The number of amides is 1. The number of nitrogens with one attached hydrogen (secondary N) is 1. The molecule has 0 spiro atoms. The summed E-state index contributed by atoms with van der Waals surface area (Å²) in [5.41, 5.74) is 3.22. The van der Waals surface area contributed by atoms with Gasteiger partial charge in [-0.3, -0.25) is 4.40 Å². The van der Waals surface area contributed by atoms with Gasteiger partial charge in [-0.15, -0.1) is 11.3 Å². The van der Waals surface area contributed by atoms with Crippen LogP contribution in [0.2, 0.25) is 0 Å². The van der Waals surface area contributed by atoms with Gasteiger partial charge < -0.3 is 15.0 Å². The molecule has 36 heavy (non-hydrogen) atoms. The number of nitrogens with zero attached hydrogens (tertiary/aromatic N) is 6. The summed E-state index contributed by atoms with van der Waals surface area (Å²) in [6.07, 6.45) is 5.16. The Morgan fingerprint density at radius 1 is 1.28 bits per heavy atom. The monoisotopic (exact) mass is 501 g/mol. The van der Waals surface area contributed by atoms with Crippen LogP contribution in [0.5, 0.6) is 0 Å². The van der Waals surface area contributed by atoms with Crippen LogP contribution in [0.3, 0.4) is 0 Å². The van der Waals surface area contributed by atoms with Crippen molar-refractivity contribution in [3.05, 3.63) is 53.7 Å². The molecular weight excluding hydrogens is 474 g/mol. The Balaban J connectivity index is 1.42. The average molecular weight is 502 g/mol. The number of hydrogen-bond donors (Lipinski definition) is 1. The Kier molecular flexibility index (Phi) is 6.33. The highest BCUT2D eigenvalue weighted by Gasteiger charge is 2.28. The van der Waals surface area contributed by atoms with Crippen LogP contribution in [0.1, 0.15) is 39.2 Å². The first-order valence-corrected chi connectivity index (χ1v) is 12.7. The summed E-state index contributed by atoms with van der Waals surface area (Å²) in [6.45, 7) is 6.81. The molecule has 5 rings (SSSR count). The molecule has 1 aliphatic rings. The van der Waals surface area contributed by atoms with Gasteiger partial charge in [-0.25, -0.2) is 19.7 Å². The van der Waals surface area contributed by atoms with Crippen molar-refractivity contribution in [3.8, 4) is 28.7 Å². The number of rotatable bonds is 4. The molecule has 1 saturated heterocycles. The zero-order valence-electron chi connectivity index (χ0n) is 20.4. The molecule has 1 aliphatic heterocycles. The minimum atomic E-state index is -0.530. The molecule has 1 fully saturated rings. The Morgan fingerprint density at radius 3 is 2.94 bits per heavy atom. The number of fused-ring (bicyclic) bond motifs is 1. The van der Waals surface area contributed by atoms with Gasteiger partial charge in [0.1, 0.15) is 11.3 Å². The van der Waals surface area contributed by atoms with Crippen molar-refractivity contribution in [1.82, 2.24) is 24.3 Å². The van der Waals surface area contributed by atoms with Crippen LogP contribution in [-0.4, -0.2) is 55.1 Å². The van der Waals surface area contributed by atoms with E-state index in [1.807, 2.05) is 61.0 Å². The first-order valence-electron chi connectivity index (χ1n) is 11.8. The number of likely N-dealkylation sites (tertiary alicyclic amines) is 1. The van der Waals surface area contributed by atoms with Crippen molar-refractivity contribution in [1.29, 1.82) is 5.26 Å². The third kappa shape index (κ3) is 5.02. The number of thiazole rings is 1. The highest BCUT2D eigenvalue weighted by Crippen LogP contribution is 2.34. The standard InChI is InChI=1S/C26H27N7O2S/c1-26(2,3)35-25(34)32-11-5-8-19(16-32)29-23-28-10-9-20(30-23)22-21(31-24-33(22)12-13-36-24)18-7-4-6-17(14-18)15-27/h4,6-7,9-10,12-14,19H,5,8,11,16H2,1-3H3,(H,28,29,30)/t19-/m1/s1. The van der Waals surface area contributed by atoms with E-state index in [9.17, 15) is 10.1 Å². The van der Waals surface area contributed by atoms with E-state index >= 15 is 0 Å². The first-order chi connectivity index (χ1) is 17.3. The summed E-state index contributed by atoms with van der Waals surface area (Å²) in [7, 11) is 0. The maximum atomic E-state index is 12.6. The lowest BCUT2D eigenvalue weighted by atomic mass is 10.1. The Morgan fingerprint density at radius 2 is 2.14 bits per heavy atom. The molecule has 1 atom stereocenters. The zero-order chi connectivity index (χ0) is 25.3. The summed E-state index contributed by atoms with van der Waals surface area (Å²) in [5.74, 6) is 0.491. The molecule has 0 unspecified atom stereocenters. The molecule has 184 valence electrons. The Labute approximate surface area is 213 Å². The molecule has 1 aromatic carbocycles. The number of carbonyl (C=O) groups is 1. The summed E-state index contributed by atoms with van der Waals surface area (Å²) >= 11 is 1.54. The van der Waals surface area contributed by atoms with Gasteiger partial charge >= 0.3 is 6.09 Å². The number of hydrogen-bond acceptors (Lipinski definition) is 8. The van der Waals surface area contributed by atoms with Gasteiger partial charge in [-0.2, -0.15) is 5.26 Å². The lowest BCUT2D eigenvalue weighted by Crippen LogP contribution is -2.47. The van der Waals surface area contributed by atoms with E-state index < -0.39 is 5.60 Å². The van der Waals surface area contributed by atoms with Gasteiger partial charge in [-0.1, -0.05) is 12.1 Å². The molecular formula is C26H27N7O2S. The normalized spacial score (nSPS) is 16.1. The smallest absolute Gasteiger partial charge is 0.410 e. The fourth-order valence-corrected chi connectivity index (χ4v) is 5.01. The zero-order valence-corrected chi connectivity index (χ0v) is 21.2. The van der Waals surface area contributed by atoms with Crippen molar-refractivity contribution < 1.29 is 9.53 Å². The second-order valence-corrected chi connectivity index (χ2v) is 10.6. The van der Waals surface area contributed by atoms with Gasteiger partial charge in [-0.05, 0) is 51.8 Å². The minimum absolute atomic E-state index is 0.0138. The van der Waals surface area contributed by atoms with Crippen LogP contribution < -0.4 is 5.32 Å². The maximum Gasteiger partial charge on any atom is 0.410 e. The molecule has 0 radical (unpaired) electrons. The van der Waals surface area contributed by atoms with E-state index in [0.717, 1.165) is 40.4 Å². The molecule has 4 heterocycles. The maximum absolute atomic E-state index is 12.6. The van der Waals surface area contributed by atoms with Crippen LogP contribution in [0.25, 0.3) is 27.6 Å². The SMILES string of the molecule is CC(C)(C)OC(=O)N1CCC[C@@H](Nc2nccc(-c3c(-c4cccc(C#N)c4)nc4sccn34)n2)C1. The van der Waals surface area contributed by atoms with Crippen molar-refractivity contribution >= 4 is 28.3 Å². The summed E-state index contributed by atoms with van der Waals surface area (Å²) < 4.78 is 7.56. The summed E-state index contributed by atoms with van der Waals surface area (Å²) in [4.78, 5) is 29.2. The van der Waals surface area contributed by atoms with E-state index in [2.05, 4.69) is 16.4 Å². The second kappa shape index (κ2) is 9.59. The van der Waals surface area contributed by atoms with E-state index in [0.29, 0.717) is 24.6 Å². The van der Waals surface area contributed by atoms with Gasteiger partial charge in [0.15, 0.2) is 4.96 Å². The number of imidazole rings is 1. The molecule has 3 aromatic heterocycles. The third-order valence-electron chi connectivity index (χ3n) is 5.83. The van der Waals surface area contributed by atoms with Crippen LogP contribution in [-0.2, 0) is 4.74 Å². The van der Waals surface area contributed by atoms with E-state index in [4.69, 9.17) is 14.7 Å². The van der Waals surface area contributed by atoms with E-state index in [1.165, 1.54) is 11.3 Å². The summed E-state index contributed by atoms with van der Waals surface area (Å²) in [5, 5.41) is 14.8. The highest BCUT2D eigenvalue weighted by atomic mass is 32.1. The third-order valence-corrected chi connectivity index (χ3v) is 6.59. The topological polar surface area (TPSA) is 108 Å². The molecule has 9 nitrogen and oxygen atoms in total. The molecule has 0 bridgehead atoms. The number of piperidine rings is 1. The van der Waals surface area contributed by atoms with Crippen molar-refractivity contribution in [2.45, 2.75) is 45.3 Å². The number of carbonyl (C=O) groups excluding carboxylic acids is 1. The predicted molar refractivity (Wildman–Crippen MR) is 139 cm³/mol. The Bertz CT molecular complexity index is 1450. The summed E-state index contributed by atoms with van der Waals surface area (Å²) in [6, 6.07) is 11.5. The van der Waals surface area contributed by atoms with Crippen molar-refractivity contribution in [2.75, 3.05) is 18.4 Å². The Hall–Kier alpha value is -3.97. The average Bonchev–Trinajstić information content (AvgIpc) is 3.45. The largest absolute Gasteiger partial charge is 0.444 e. The molecule has 1 amide bonds. The van der Waals surface area contributed by atoms with Crippen LogP contribution in [0.4, 0.5) is 10.7 Å². The van der Waals surface area contributed by atoms with Gasteiger partial charge in [0.2, 0.25) is 5.95 Å². The number of nitriles is 1. The molecule has 4 aromatic rings. The fourth-order valence-electron chi connectivity index (χ4n) is 4.30. The number of ether oxygens (including phenoxy) is 1. The number of aromatic nitrogens is 4. The van der Waals surface area contributed by atoms with Gasteiger partial charge in [0.25, 0.3) is 0 Å². The van der Waals surface area contributed by atoms with Gasteiger partial charge in [0, 0.05) is 42.5 Å². The van der Waals surface area contributed by atoms with Crippen molar-refractivity contribution in [3.63, 3.8) is 0 Å². The molecule has 10 heteroatoms. The fraction of sp³-hybridized carbons (Fsp3) is 0.346. The van der Waals surface area contributed by atoms with E-state index in [1.54, 1.807) is 17.2 Å². The first kappa shape index (κ1) is 23.8. The van der Waals surface area contributed by atoms with Crippen LogP contribution in [0.15, 0.2) is 48.1 Å². The second-order valence-electron chi connectivity index (χ2n) is 9.73. The lowest BCUT2D eigenvalue weighted by molar-refractivity contribution is 0.0206. The van der Waals surface area contributed by atoms with Crippen LogP contribution in [0, 0.1) is 11.3 Å². The quantitative estimate of drug-likeness (QED) is 0.409. The van der Waals surface area contributed by atoms with Gasteiger partial charge in [0.05, 0.1) is 23.0 Å².